The lowest BCUT2D eigenvalue weighted by atomic mass is 10.3. The maximum Gasteiger partial charge on any atom is 0.150 e. The van der Waals surface area contributed by atoms with Crippen LogP contribution in [0.4, 0.5) is 17.3 Å². The molecule has 0 unspecified atom stereocenters. The average molecular weight is 402 g/mol. The molecule has 0 fully saturated rings. The molecule has 106 valence electrons. The SMILES string of the molecule is CCNc1ncnc(Nc2ccc(OC)c(Br)c2)c1Br. The van der Waals surface area contributed by atoms with Crippen LogP contribution in [0.1, 0.15) is 6.92 Å². The molecule has 1 aromatic heterocycles. The molecule has 5 nitrogen and oxygen atoms in total. The number of hydrogen-bond acceptors (Lipinski definition) is 5. The molecule has 0 aliphatic heterocycles. The van der Waals surface area contributed by atoms with Gasteiger partial charge in [-0.25, -0.2) is 9.97 Å². The zero-order valence-corrected chi connectivity index (χ0v) is 14.2. The van der Waals surface area contributed by atoms with E-state index >= 15 is 0 Å². The summed E-state index contributed by atoms with van der Waals surface area (Å²) in [5, 5.41) is 6.40. The van der Waals surface area contributed by atoms with Gasteiger partial charge in [-0.3, -0.25) is 0 Å². The fourth-order valence-electron chi connectivity index (χ4n) is 1.63. The van der Waals surface area contributed by atoms with Crippen molar-refractivity contribution in [2.45, 2.75) is 6.92 Å². The molecule has 7 heteroatoms. The minimum Gasteiger partial charge on any atom is -0.496 e. The summed E-state index contributed by atoms with van der Waals surface area (Å²) in [7, 11) is 1.64. The molecule has 1 heterocycles. The summed E-state index contributed by atoms with van der Waals surface area (Å²) in [6.07, 6.45) is 1.52. The van der Waals surface area contributed by atoms with E-state index in [9.17, 15) is 0 Å². The van der Waals surface area contributed by atoms with E-state index in [0.29, 0.717) is 5.82 Å². The Hall–Kier alpha value is -1.34. The largest absolute Gasteiger partial charge is 0.496 e. The van der Waals surface area contributed by atoms with Gasteiger partial charge in [-0.15, -0.1) is 0 Å². The Labute approximate surface area is 134 Å². The Bertz CT molecular complexity index is 607. The van der Waals surface area contributed by atoms with Crippen LogP contribution in [-0.4, -0.2) is 23.6 Å². The first-order chi connectivity index (χ1) is 9.65. The Morgan fingerprint density at radius 3 is 2.60 bits per heavy atom. The van der Waals surface area contributed by atoms with Crippen molar-refractivity contribution in [2.24, 2.45) is 0 Å². The number of nitrogens with zero attached hydrogens (tertiary/aromatic N) is 2. The van der Waals surface area contributed by atoms with Gasteiger partial charge in [0.1, 0.15) is 28.2 Å². The highest BCUT2D eigenvalue weighted by atomic mass is 79.9. The Kier molecular flexibility index (Phi) is 5.19. The van der Waals surface area contributed by atoms with Gasteiger partial charge >= 0.3 is 0 Å². The Morgan fingerprint density at radius 1 is 1.20 bits per heavy atom. The van der Waals surface area contributed by atoms with Gasteiger partial charge in [0.05, 0.1) is 11.6 Å². The molecular formula is C13H14Br2N4O. The lowest BCUT2D eigenvalue weighted by Crippen LogP contribution is -2.03. The fraction of sp³-hybridized carbons (Fsp3) is 0.231. The third-order valence-electron chi connectivity index (χ3n) is 2.55. The number of methoxy groups -OCH3 is 1. The topological polar surface area (TPSA) is 59.1 Å². The highest BCUT2D eigenvalue weighted by Crippen LogP contribution is 2.32. The lowest BCUT2D eigenvalue weighted by molar-refractivity contribution is 0.412. The van der Waals surface area contributed by atoms with Gasteiger partial charge in [-0.05, 0) is 57.0 Å². The molecule has 0 atom stereocenters. The number of halogens is 2. The maximum absolute atomic E-state index is 5.21. The second kappa shape index (κ2) is 6.90. The van der Waals surface area contributed by atoms with Gasteiger partial charge in [-0.1, -0.05) is 0 Å². The van der Waals surface area contributed by atoms with Gasteiger partial charge in [-0.2, -0.15) is 0 Å². The molecule has 0 spiro atoms. The number of anilines is 3. The smallest absolute Gasteiger partial charge is 0.150 e. The second-order valence-corrected chi connectivity index (χ2v) is 5.54. The second-order valence-electron chi connectivity index (χ2n) is 3.89. The summed E-state index contributed by atoms with van der Waals surface area (Å²) in [5.74, 6) is 2.25. The monoisotopic (exact) mass is 400 g/mol. The van der Waals surface area contributed by atoms with E-state index in [4.69, 9.17) is 4.74 Å². The van der Waals surface area contributed by atoms with Crippen LogP contribution in [0.5, 0.6) is 5.75 Å². The van der Waals surface area contributed by atoms with Crippen LogP contribution in [0.25, 0.3) is 0 Å². The third-order valence-corrected chi connectivity index (χ3v) is 3.92. The molecular weight excluding hydrogens is 388 g/mol. The summed E-state index contributed by atoms with van der Waals surface area (Å²) in [6.45, 7) is 2.81. The molecule has 2 rings (SSSR count). The number of hydrogen-bond donors (Lipinski definition) is 2. The van der Waals surface area contributed by atoms with Crippen molar-refractivity contribution in [2.75, 3.05) is 24.3 Å². The summed E-state index contributed by atoms with van der Waals surface area (Å²) >= 11 is 6.96. The molecule has 0 aliphatic rings. The van der Waals surface area contributed by atoms with Crippen LogP contribution < -0.4 is 15.4 Å². The molecule has 20 heavy (non-hydrogen) atoms. The molecule has 0 bridgehead atoms. The molecule has 0 amide bonds. The number of aromatic nitrogens is 2. The highest BCUT2D eigenvalue weighted by Gasteiger charge is 2.09. The van der Waals surface area contributed by atoms with Crippen molar-refractivity contribution in [3.8, 4) is 5.75 Å². The molecule has 0 saturated carbocycles. The van der Waals surface area contributed by atoms with Crippen molar-refractivity contribution >= 4 is 49.2 Å². The van der Waals surface area contributed by atoms with Crippen molar-refractivity contribution in [3.63, 3.8) is 0 Å². The molecule has 0 aliphatic carbocycles. The molecule has 2 N–H and O–H groups in total. The van der Waals surface area contributed by atoms with Gasteiger partial charge in [0.25, 0.3) is 0 Å². The van der Waals surface area contributed by atoms with E-state index in [0.717, 1.165) is 32.7 Å². The Morgan fingerprint density at radius 2 is 1.95 bits per heavy atom. The van der Waals surface area contributed by atoms with E-state index in [1.165, 1.54) is 6.33 Å². The summed E-state index contributed by atoms with van der Waals surface area (Å²) in [5.41, 5.74) is 0.902. The van der Waals surface area contributed by atoms with Crippen LogP contribution in [-0.2, 0) is 0 Å². The molecule has 0 radical (unpaired) electrons. The van der Waals surface area contributed by atoms with E-state index in [1.54, 1.807) is 7.11 Å². The fourth-order valence-corrected chi connectivity index (χ4v) is 2.61. The zero-order chi connectivity index (χ0) is 14.5. The third kappa shape index (κ3) is 3.40. The minimum absolute atomic E-state index is 0.702. The van der Waals surface area contributed by atoms with Crippen LogP contribution in [0.3, 0.4) is 0 Å². The van der Waals surface area contributed by atoms with Crippen LogP contribution in [0.2, 0.25) is 0 Å². The van der Waals surface area contributed by atoms with Gasteiger partial charge in [0.2, 0.25) is 0 Å². The predicted molar refractivity (Wildman–Crippen MR) is 87.9 cm³/mol. The van der Waals surface area contributed by atoms with Crippen molar-refractivity contribution in [1.82, 2.24) is 9.97 Å². The average Bonchev–Trinajstić information content (AvgIpc) is 2.44. The first-order valence-electron chi connectivity index (χ1n) is 6.00. The summed E-state index contributed by atoms with van der Waals surface area (Å²) in [4.78, 5) is 8.41. The van der Waals surface area contributed by atoms with Crippen LogP contribution in [0, 0.1) is 0 Å². The Balaban J connectivity index is 2.26. The van der Waals surface area contributed by atoms with E-state index in [2.05, 4.69) is 52.5 Å². The van der Waals surface area contributed by atoms with Crippen LogP contribution in [0.15, 0.2) is 33.5 Å². The maximum atomic E-state index is 5.21. The number of nitrogens with one attached hydrogen (secondary N) is 2. The van der Waals surface area contributed by atoms with Crippen LogP contribution >= 0.6 is 31.9 Å². The number of rotatable bonds is 5. The zero-order valence-electron chi connectivity index (χ0n) is 11.1. The van der Waals surface area contributed by atoms with E-state index in [-0.39, 0.29) is 0 Å². The lowest BCUT2D eigenvalue weighted by Gasteiger charge is -2.12. The summed E-state index contributed by atoms with van der Waals surface area (Å²) in [6, 6.07) is 5.73. The van der Waals surface area contributed by atoms with E-state index in [1.807, 2.05) is 25.1 Å². The van der Waals surface area contributed by atoms with E-state index < -0.39 is 0 Å². The van der Waals surface area contributed by atoms with Crippen molar-refractivity contribution in [3.05, 3.63) is 33.5 Å². The summed E-state index contributed by atoms with van der Waals surface area (Å²) < 4.78 is 6.88. The number of ether oxygens (including phenoxy) is 1. The van der Waals surface area contributed by atoms with Gasteiger partial charge in [0, 0.05) is 12.2 Å². The first kappa shape index (κ1) is 15.1. The van der Waals surface area contributed by atoms with Crippen molar-refractivity contribution in [1.29, 1.82) is 0 Å². The standard InChI is InChI=1S/C13H14Br2N4O/c1-3-16-12-11(15)13(18-7-17-12)19-8-4-5-10(20-2)9(14)6-8/h4-7H,3H2,1-2H3,(H2,16,17,18,19). The normalized spacial score (nSPS) is 10.2. The predicted octanol–water partition coefficient (Wildman–Crippen LogP) is 4.19. The number of benzene rings is 1. The van der Waals surface area contributed by atoms with Gasteiger partial charge < -0.3 is 15.4 Å². The molecule has 0 saturated heterocycles. The first-order valence-corrected chi connectivity index (χ1v) is 7.59. The van der Waals surface area contributed by atoms with Crippen molar-refractivity contribution < 1.29 is 4.74 Å². The minimum atomic E-state index is 0.702. The molecule has 1 aromatic carbocycles. The quantitative estimate of drug-likeness (QED) is 0.786. The van der Waals surface area contributed by atoms with Gasteiger partial charge in [0.15, 0.2) is 0 Å². The molecule has 2 aromatic rings. The highest BCUT2D eigenvalue weighted by molar-refractivity contribution is 9.11.